The molecule has 7 nitrogen and oxygen atoms in total. The number of esters is 2. The smallest absolute Gasteiger partial charge is 0.329 e. The summed E-state index contributed by atoms with van der Waals surface area (Å²) >= 11 is 1.41. The summed E-state index contributed by atoms with van der Waals surface area (Å²) in [5.74, 6) is -2.02. The summed E-state index contributed by atoms with van der Waals surface area (Å²) in [7, 11) is 0. The minimum atomic E-state index is -0.807. The monoisotopic (exact) mass is 479 g/mol. The Hall–Kier alpha value is -2.32. The molecule has 184 valence electrons. The van der Waals surface area contributed by atoms with Crippen LogP contribution < -0.4 is 5.32 Å². The van der Waals surface area contributed by atoms with Crippen LogP contribution in [0.3, 0.4) is 0 Å². The molecule has 0 aliphatic carbocycles. The Morgan fingerprint density at radius 1 is 1.15 bits per heavy atom. The van der Waals surface area contributed by atoms with Crippen molar-refractivity contribution in [3.63, 3.8) is 0 Å². The molecule has 0 aliphatic rings. The number of carbonyl (C=O) groups excluding carboxylic acids is 3. The molecule has 0 aromatic heterocycles. The topological polar surface area (TPSA) is 102 Å². The highest BCUT2D eigenvalue weighted by molar-refractivity contribution is 8.00. The van der Waals surface area contributed by atoms with Crippen LogP contribution >= 0.6 is 11.8 Å². The van der Waals surface area contributed by atoms with Gasteiger partial charge in [-0.15, -0.1) is 11.8 Å². The van der Waals surface area contributed by atoms with Crippen molar-refractivity contribution in [2.45, 2.75) is 69.2 Å². The van der Waals surface area contributed by atoms with Gasteiger partial charge in [0.05, 0.1) is 6.42 Å². The van der Waals surface area contributed by atoms with Crippen molar-refractivity contribution >= 4 is 29.6 Å². The van der Waals surface area contributed by atoms with E-state index in [0.29, 0.717) is 0 Å². The maximum atomic E-state index is 12.9. The average molecular weight is 480 g/mol. The van der Waals surface area contributed by atoms with Gasteiger partial charge in [0.25, 0.3) is 0 Å². The number of hydrogen-bond acceptors (Lipinski definition) is 7. The molecule has 2 N–H and O–H groups in total. The molecular weight excluding hydrogens is 442 g/mol. The van der Waals surface area contributed by atoms with E-state index in [9.17, 15) is 19.5 Å². The van der Waals surface area contributed by atoms with E-state index in [2.05, 4.69) is 11.9 Å². The summed E-state index contributed by atoms with van der Waals surface area (Å²) in [6.07, 6.45) is 1.44. The minimum absolute atomic E-state index is 0.00550. The number of aliphatic hydroxyl groups is 1. The molecule has 1 unspecified atom stereocenters. The first-order valence-corrected chi connectivity index (χ1v) is 12.0. The van der Waals surface area contributed by atoms with Crippen LogP contribution in [0.15, 0.2) is 47.9 Å². The SMILES string of the molecule is C=CCOC(=O)[C@@H](NC(=O)CC(Sc1ccccc1)[C@H](CO)CC(=O)OC(C)(C)C)C(C)C. The fourth-order valence-electron chi connectivity index (χ4n) is 3.03. The molecule has 1 rings (SSSR count). The number of carbonyl (C=O) groups is 3. The Labute approximate surface area is 201 Å². The van der Waals surface area contributed by atoms with E-state index >= 15 is 0 Å². The molecule has 0 saturated heterocycles. The molecule has 0 saturated carbocycles. The quantitative estimate of drug-likeness (QED) is 0.252. The van der Waals surface area contributed by atoms with E-state index < -0.39 is 34.7 Å². The van der Waals surface area contributed by atoms with Crippen molar-refractivity contribution in [1.29, 1.82) is 0 Å². The number of benzene rings is 1. The summed E-state index contributed by atoms with van der Waals surface area (Å²) in [4.78, 5) is 38.6. The molecule has 8 heteroatoms. The Morgan fingerprint density at radius 2 is 1.79 bits per heavy atom. The summed E-state index contributed by atoms with van der Waals surface area (Å²) < 4.78 is 10.5. The normalized spacial score (nSPS) is 14.2. The number of aliphatic hydroxyl groups excluding tert-OH is 1. The molecule has 0 radical (unpaired) electrons. The molecule has 0 fully saturated rings. The Morgan fingerprint density at radius 3 is 2.30 bits per heavy atom. The van der Waals surface area contributed by atoms with E-state index in [1.807, 2.05) is 44.2 Å². The maximum Gasteiger partial charge on any atom is 0.329 e. The van der Waals surface area contributed by atoms with E-state index in [0.717, 1.165) is 4.90 Å². The molecule has 1 aromatic rings. The van der Waals surface area contributed by atoms with Crippen LogP contribution in [0.25, 0.3) is 0 Å². The van der Waals surface area contributed by atoms with Crippen molar-refractivity contribution in [2.75, 3.05) is 13.2 Å². The van der Waals surface area contributed by atoms with Gasteiger partial charge in [-0.1, -0.05) is 44.7 Å². The van der Waals surface area contributed by atoms with Gasteiger partial charge in [0.2, 0.25) is 5.91 Å². The molecule has 0 heterocycles. The maximum absolute atomic E-state index is 12.9. The lowest BCUT2D eigenvalue weighted by Crippen LogP contribution is -2.46. The summed E-state index contributed by atoms with van der Waals surface area (Å²) in [5, 5.41) is 12.4. The van der Waals surface area contributed by atoms with Crippen LogP contribution in [-0.2, 0) is 23.9 Å². The van der Waals surface area contributed by atoms with Gasteiger partial charge in [0, 0.05) is 29.1 Å². The van der Waals surface area contributed by atoms with Crippen LogP contribution in [0.2, 0.25) is 0 Å². The van der Waals surface area contributed by atoms with Gasteiger partial charge in [0.1, 0.15) is 18.2 Å². The second-order valence-electron chi connectivity index (χ2n) is 9.11. The second-order valence-corrected chi connectivity index (χ2v) is 10.4. The van der Waals surface area contributed by atoms with Crippen LogP contribution in [0, 0.1) is 11.8 Å². The van der Waals surface area contributed by atoms with Crippen molar-refractivity contribution in [3.8, 4) is 0 Å². The van der Waals surface area contributed by atoms with Crippen LogP contribution in [0.5, 0.6) is 0 Å². The highest BCUT2D eigenvalue weighted by Gasteiger charge is 2.31. The Bertz CT molecular complexity index is 775. The van der Waals surface area contributed by atoms with E-state index in [-0.39, 0.29) is 37.9 Å². The number of ether oxygens (including phenoxy) is 2. The zero-order valence-corrected chi connectivity index (χ0v) is 21.0. The number of hydrogen-bond donors (Lipinski definition) is 2. The zero-order chi connectivity index (χ0) is 25.0. The van der Waals surface area contributed by atoms with Gasteiger partial charge >= 0.3 is 11.9 Å². The van der Waals surface area contributed by atoms with E-state index in [1.54, 1.807) is 20.8 Å². The molecule has 1 aromatic carbocycles. The number of thioether (sulfide) groups is 1. The van der Waals surface area contributed by atoms with E-state index in [1.165, 1.54) is 17.8 Å². The van der Waals surface area contributed by atoms with Crippen LogP contribution in [-0.4, -0.2) is 53.1 Å². The molecule has 0 spiro atoms. The van der Waals surface area contributed by atoms with Crippen molar-refractivity contribution in [2.24, 2.45) is 11.8 Å². The first-order valence-electron chi connectivity index (χ1n) is 11.1. The Balaban J connectivity index is 3.00. The highest BCUT2D eigenvalue weighted by Crippen LogP contribution is 2.32. The largest absolute Gasteiger partial charge is 0.460 e. The summed E-state index contributed by atoms with van der Waals surface area (Å²) in [5.41, 5.74) is -0.646. The summed E-state index contributed by atoms with van der Waals surface area (Å²) in [6, 6.07) is 8.65. The molecule has 0 bridgehead atoms. The van der Waals surface area contributed by atoms with Crippen molar-refractivity contribution in [3.05, 3.63) is 43.0 Å². The summed E-state index contributed by atoms with van der Waals surface area (Å²) in [6.45, 7) is 12.3. The lowest BCUT2D eigenvalue weighted by molar-refractivity contribution is -0.156. The third kappa shape index (κ3) is 11.4. The number of amides is 1. The number of rotatable bonds is 13. The predicted octanol–water partition coefficient (Wildman–Crippen LogP) is 3.75. The molecule has 33 heavy (non-hydrogen) atoms. The molecule has 3 atom stereocenters. The van der Waals surface area contributed by atoms with Crippen LogP contribution in [0.1, 0.15) is 47.5 Å². The van der Waals surface area contributed by atoms with Crippen molar-refractivity contribution in [1.82, 2.24) is 5.32 Å². The zero-order valence-electron chi connectivity index (χ0n) is 20.2. The first-order chi connectivity index (χ1) is 15.5. The lowest BCUT2D eigenvalue weighted by atomic mass is 9.98. The fourth-order valence-corrected chi connectivity index (χ4v) is 4.31. The third-order valence-corrected chi connectivity index (χ3v) is 6.01. The van der Waals surface area contributed by atoms with Gasteiger partial charge in [0.15, 0.2) is 0 Å². The minimum Gasteiger partial charge on any atom is -0.460 e. The van der Waals surface area contributed by atoms with Gasteiger partial charge in [-0.2, -0.15) is 0 Å². The van der Waals surface area contributed by atoms with Gasteiger partial charge in [-0.05, 0) is 38.8 Å². The standard InChI is InChI=1S/C25H37NO6S/c1-7-13-31-24(30)23(17(2)3)26-21(28)15-20(33-19-11-9-8-10-12-19)18(16-27)14-22(29)32-25(4,5)6/h7-12,17-18,20,23,27H,1,13-16H2,2-6H3,(H,26,28)/t18-,20?,23-/m0/s1. The molecule has 0 aliphatic heterocycles. The second kappa shape index (κ2) is 14.1. The third-order valence-electron chi connectivity index (χ3n) is 4.61. The van der Waals surface area contributed by atoms with Gasteiger partial charge in [-0.3, -0.25) is 9.59 Å². The lowest BCUT2D eigenvalue weighted by Gasteiger charge is -2.27. The predicted molar refractivity (Wildman–Crippen MR) is 130 cm³/mol. The Kier molecular flexibility index (Phi) is 12.2. The first kappa shape index (κ1) is 28.7. The fraction of sp³-hybridized carbons (Fsp3) is 0.560. The molecule has 1 amide bonds. The average Bonchev–Trinajstić information content (AvgIpc) is 2.73. The molecular formula is C25H37NO6S. The van der Waals surface area contributed by atoms with Crippen molar-refractivity contribution < 1.29 is 29.0 Å². The number of nitrogens with one attached hydrogen (secondary N) is 1. The van der Waals surface area contributed by atoms with Gasteiger partial charge in [-0.25, -0.2) is 4.79 Å². The highest BCUT2D eigenvalue weighted by atomic mass is 32.2. The van der Waals surface area contributed by atoms with Gasteiger partial charge < -0.3 is 19.9 Å². The van der Waals surface area contributed by atoms with Crippen LogP contribution in [0.4, 0.5) is 0 Å². The van der Waals surface area contributed by atoms with E-state index in [4.69, 9.17) is 9.47 Å².